The van der Waals surface area contributed by atoms with Gasteiger partial charge >= 0.3 is 6.03 Å². The van der Waals surface area contributed by atoms with Gasteiger partial charge in [-0.2, -0.15) is 0 Å². The predicted molar refractivity (Wildman–Crippen MR) is 101 cm³/mol. The van der Waals surface area contributed by atoms with Crippen LogP contribution in [0.1, 0.15) is 5.56 Å². The van der Waals surface area contributed by atoms with E-state index in [1.54, 1.807) is 18.7 Å². The van der Waals surface area contributed by atoms with E-state index < -0.39 is 12.1 Å². The molecule has 26 heavy (non-hydrogen) atoms. The van der Waals surface area contributed by atoms with Crippen LogP contribution in [-0.2, 0) is 9.59 Å². The van der Waals surface area contributed by atoms with Gasteiger partial charge in [-0.1, -0.05) is 18.2 Å². The van der Waals surface area contributed by atoms with Gasteiger partial charge in [0.25, 0.3) is 23.0 Å². The summed E-state index contributed by atoms with van der Waals surface area (Å²) in [5.41, 5.74) is 1.75. The van der Waals surface area contributed by atoms with Crippen LogP contribution in [0.4, 0.5) is 10.5 Å². The summed E-state index contributed by atoms with van der Waals surface area (Å²) in [5, 5.41) is 3.40. The second-order valence-electron chi connectivity index (χ2n) is 6.12. The van der Waals surface area contributed by atoms with Gasteiger partial charge in [0, 0.05) is 12.7 Å². The molecule has 9 heteroatoms. The molecule has 1 aromatic carbocycles. The first-order valence-electron chi connectivity index (χ1n) is 8.03. The molecule has 3 rings (SSSR count). The summed E-state index contributed by atoms with van der Waals surface area (Å²) >= 11 is 1.23. The van der Waals surface area contributed by atoms with Crippen molar-refractivity contribution in [1.29, 1.82) is 0 Å². The maximum absolute atomic E-state index is 12.3. The first-order chi connectivity index (χ1) is 12.3. The average molecular weight is 374 g/mol. The quantitative estimate of drug-likeness (QED) is 0.799. The van der Waals surface area contributed by atoms with Gasteiger partial charge in [-0.15, -0.1) is 4.99 Å². The molecule has 2 heterocycles. The molecule has 1 N–H and O–H groups in total. The number of urea groups is 1. The Bertz CT molecular complexity index is 864. The van der Waals surface area contributed by atoms with Crippen LogP contribution in [-0.4, -0.2) is 76.2 Å². The number of amidine groups is 2. The topological polar surface area (TPSA) is 85.1 Å². The third-order valence-corrected chi connectivity index (χ3v) is 5.39. The van der Waals surface area contributed by atoms with Crippen LogP contribution in [0.25, 0.3) is 0 Å². The highest BCUT2D eigenvalue weighted by Gasteiger charge is 2.51. The summed E-state index contributed by atoms with van der Waals surface area (Å²) in [6.07, 6.45) is 0. The second kappa shape index (κ2) is 6.91. The molecule has 0 spiro atoms. The number of carbonyl (C=O) groups excluding carboxylic acids is 3. The molecule has 2 aliphatic rings. The van der Waals surface area contributed by atoms with Crippen LogP contribution < -0.4 is 5.32 Å². The zero-order chi connectivity index (χ0) is 19.0. The molecule has 0 saturated carbocycles. The van der Waals surface area contributed by atoms with E-state index in [1.165, 1.54) is 23.7 Å². The number of nitrogens with zero attached hydrogens (tertiary/aromatic N) is 4. The van der Waals surface area contributed by atoms with Gasteiger partial charge in [-0.05, 0) is 30.3 Å². The molecule has 0 radical (unpaired) electrons. The van der Waals surface area contributed by atoms with Crippen LogP contribution in [0.15, 0.2) is 29.3 Å². The number of imide groups is 1. The number of rotatable bonds is 3. The van der Waals surface area contributed by atoms with E-state index in [0.29, 0.717) is 11.0 Å². The van der Waals surface area contributed by atoms with E-state index in [1.807, 2.05) is 31.2 Å². The Hall–Kier alpha value is -2.68. The number of thioether (sulfide) groups is 1. The standard InChI is InChI=1S/C17H19N5O3S/c1-10-7-5-6-8-11(10)18-12(23)9-26-16-19-13-14(20(16)2)21(3)17(25)22(4)15(13)24/h5-8,13H,9H2,1-4H3/p+1. The van der Waals surface area contributed by atoms with Crippen LogP contribution in [0.3, 0.4) is 0 Å². The number of hydrogen-bond acceptors (Lipinski definition) is 5. The van der Waals surface area contributed by atoms with Crippen molar-refractivity contribution >= 4 is 46.3 Å². The zero-order valence-corrected chi connectivity index (χ0v) is 15.8. The third kappa shape index (κ3) is 3.10. The van der Waals surface area contributed by atoms with E-state index in [-0.39, 0.29) is 17.6 Å². The molecule has 1 aromatic rings. The molecule has 2 aliphatic heterocycles. The number of anilines is 1. The minimum Gasteiger partial charge on any atom is -0.325 e. The lowest BCUT2D eigenvalue weighted by Gasteiger charge is -2.27. The van der Waals surface area contributed by atoms with Gasteiger partial charge in [-0.25, -0.2) is 14.3 Å². The Morgan fingerprint density at radius 2 is 1.96 bits per heavy atom. The number of para-hydroxylation sites is 1. The molecule has 0 bridgehead atoms. The number of aliphatic imine (C=N–C) groups is 1. The number of carbonyl (C=O) groups is 3. The predicted octanol–water partition coefficient (Wildman–Crippen LogP) is 0.970. The lowest BCUT2D eigenvalue weighted by Crippen LogP contribution is -2.59. The highest BCUT2D eigenvalue weighted by Crippen LogP contribution is 2.22. The van der Waals surface area contributed by atoms with Crippen molar-refractivity contribution in [2.75, 3.05) is 32.2 Å². The summed E-state index contributed by atoms with van der Waals surface area (Å²) in [4.78, 5) is 43.5. The largest absolute Gasteiger partial charge is 0.388 e. The maximum Gasteiger partial charge on any atom is 0.388 e. The molecule has 0 aromatic heterocycles. The fraction of sp³-hybridized carbons (Fsp3) is 0.353. The molecule has 136 valence electrons. The van der Waals surface area contributed by atoms with Gasteiger partial charge in [0.15, 0.2) is 0 Å². The van der Waals surface area contributed by atoms with Crippen LogP contribution >= 0.6 is 11.8 Å². The lowest BCUT2D eigenvalue weighted by atomic mass is 10.2. The Morgan fingerprint density at radius 1 is 1.27 bits per heavy atom. The van der Waals surface area contributed by atoms with E-state index in [2.05, 4.69) is 10.3 Å². The second-order valence-corrected chi connectivity index (χ2v) is 7.06. The molecule has 1 unspecified atom stereocenters. The summed E-state index contributed by atoms with van der Waals surface area (Å²) in [7, 11) is 4.79. The first-order valence-corrected chi connectivity index (χ1v) is 9.01. The monoisotopic (exact) mass is 374 g/mol. The molecule has 1 saturated heterocycles. The molecular weight excluding hydrogens is 354 g/mol. The summed E-state index contributed by atoms with van der Waals surface area (Å²) in [6.45, 7) is 1.92. The van der Waals surface area contributed by atoms with Crippen molar-refractivity contribution < 1.29 is 19.0 Å². The van der Waals surface area contributed by atoms with Gasteiger partial charge in [-0.3, -0.25) is 14.5 Å². The van der Waals surface area contributed by atoms with E-state index in [4.69, 9.17) is 0 Å². The Balaban J connectivity index is 1.70. The van der Waals surface area contributed by atoms with Crippen LogP contribution in [0, 0.1) is 6.92 Å². The smallest absolute Gasteiger partial charge is 0.325 e. The summed E-state index contributed by atoms with van der Waals surface area (Å²) in [6, 6.07) is 6.40. The highest BCUT2D eigenvalue weighted by atomic mass is 32.2. The van der Waals surface area contributed by atoms with Crippen molar-refractivity contribution in [3.63, 3.8) is 0 Å². The summed E-state index contributed by atoms with van der Waals surface area (Å²) in [5.74, 6) is 0.141. The minimum atomic E-state index is -0.741. The average Bonchev–Trinajstić information content (AvgIpc) is 2.95. The third-order valence-electron chi connectivity index (χ3n) is 4.35. The van der Waals surface area contributed by atoms with Gasteiger partial charge in [0.05, 0.1) is 19.8 Å². The lowest BCUT2D eigenvalue weighted by molar-refractivity contribution is -0.367. The fourth-order valence-electron chi connectivity index (χ4n) is 2.87. The number of aryl methyl sites for hydroxylation is 1. The number of hydrogen-bond donors (Lipinski definition) is 1. The van der Waals surface area contributed by atoms with E-state index >= 15 is 0 Å². The molecule has 1 atom stereocenters. The zero-order valence-electron chi connectivity index (χ0n) is 15.0. The first kappa shape index (κ1) is 18.1. The van der Waals surface area contributed by atoms with Crippen molar-refractivity contribution in [3.05, 3.63) is 29.8 Å². The van der Waals surface area contributed by atoms with Crippen molar-refractivity contribution in [3.8, 4) is 0 Å². The van der Waals surface area contributed by atoms with Gasteiger partial charge in [0.1, 0.15) is 0 Å². The van der Waals surface area contributed by atoms with Gasteiger partial charge < -0.3 is 5.32 Å². The Kier molecular flexibility index (Phi) is 4.82. The normalized spacial score (nSPS) is 19.7. The molecular formula is C17H20N5O3S+. The van der Waals surface area contributed by atoms with Crippen LogP contribution in [0.2, 0.25) is 0 Å². The fourth-order valence-corrected chi connectivity index (χ4v) is 3.67. The SMILES string of the molecule is Cc1ccccc1NC(=O)CSC1=NC2C(=O)N(C)C(=O)N(C)C2=[N+]1C. The van der Waals surface area contributed by atoms with E-state index in [0.717, 1.165) is 16.2 Å². The Labute approximate surface area is 155 Å². The highest BCUT2D eigenvalue weighted by molar-refractivity contribution is 8.14. The number of nitrogens with one attached hydrogen (secondary N) is 1. The van der Waals surface area contributed by atoms with Gasteiger partial charge in [0.2, 0.25) is 5.91 Å². The number of benzene rings is 1. The van der Waals surface area contributed by atoms with Crippen molar-refractivity contribution in [1.82, 2.24) is 9.80 Å². The van der Waals surface area contributed by atoms with E-state index in [9.17, 15) is 14.4 Å². The molecule has 4 amide bonds. The minimum absolute atomic E-state index is 0.152. The summed E-state index contributed by atoms with van der Waals surface area (Å²) < 4.78 is 1.69. The van der Waals surface area contributed by atoms with Crippen LogP contribution in [0.5, 0.6) is 0 Å². The number of fused-ring (bicyclic) bond motifs is 1. The molecule has 1 fully saturated rings. The molecule has 8 nitrogen and oxygen atoms in total. The maximum atomic E-state index is 12.3. The number of likely N-dealkylation sites (N-methyl/N-ethyl adjacent to an activating group) is 2. The van der Waals surface area contributed by atoms with Crippen molar-refractivity contribution in [2.45, 2.75) is 13.0 Å². The van der Waals surface area contributed by atoms with Crippen molar-refractivity contribution in [2.24, 2.45) is 4.99 Å². The number of amides is 4. The molecule has 0 aliphatic carbocycles. The Morgan fingerprint density at radius 3 is 2.65 bits per heavy atom.